The van der Waals surface area contributed by atoms with Gasteiger partial charge in [-0.3, -0.25) is 4.79 Å². The van der Waals surface area contributed by atoms with E-state index in [0.717, 1.165) is 43.1 Å². The number of likely N-dealkylation sites (tertiary alicyclic amines) is 1. The number of nitrogens with one attached hydrogen (secondary N) is 1. The van der Waals surface area contributed by atoms with E-state index in [0.29, 0.717) is 12.3 Å². The lowest BCUT2D eigenvalue weighted by molar-refractivity contribution is -0.129. The molecule has 0 radical (unpaired) electrons. The van der Waals surface area contributed by atoms with Crippen LogP contribution in [0.25, 0.3) is 5.69 Å². The summed E-state index contributed by atoms with van der Waals surface area (Å²) in [5.41, 5.74) is 2.65. The lowest BCUT2D eigenvalue weighted by atomic mass is 10.1. The highest BCUT2D eigenvalue weighted by molar-refractivity contribution is 5.85. The van der Waals surface area contributed by atoms with Crippen molar-refractivity contribution in [2.75, 3.05) is 26.7 Å². The Kier molecular flexibility index (Phi) is 6.34. The first-order chi connectivity index (χ1) is 11.2. The first kappa shape index (κ1) is 18.4. The third kappa shape index (κ3) is 3.94. The first-order valence-corrected chi connectivity index (χ1v) is 8.08. The summed E-state index contributed by atoms with van der Waals surface area (Å²) in [7, 11) is 1.95. The smallest absolute Gasteiger partial charge is 0.228 e. The summed E-state index contributed by atoms with van der Waals surface area (Å²) in [6.07, 6.45) is 1.40. The van der Waals surface area contributed by atoms with Gasteiger partial charge in [-0.15, -0.1) is 17.5 Å². The van der Waals surface area contributed by atoms with E-state index in [1.807, 2.05) is 49.2 Å². The SMILES string of the molecule is CNCC1CCN(C(=O)Cc2nnn(-c3ccccc3)c2C)C1.Cl. The van der Waals surface area contributed by atoms with Crippen LogP contribution in [0.2, 0.25) is 0 Å². The number of para-hydroxylation sites is 1. The lowest BCUT2D eigenvalue weighted by Crippen LogP contribution is -2.31. The van der Waals surface area contributed by atoms with E-state index in [-0.39, 0.29) is 18.3 Å². The summed E-state index contributed by atoms with van der Waals surface area (Å²) < 4.78 is 1.79. The number of hydrogen-bond donors (Lipinski definition) is 1. The van der Waals surface area contributed by atoms with Gasteiger partial charge in [-0.05, 0) is 45.0 Å². The van der Waals surface area contributed by atoms with E-state index >= 15 is 0 Å². The molecular weight excluding hydrogens is 326 g/mol. The highest BCUT2D eigenvalue weighted by Gasteiger charge is 2.26. The molecule has 1 saturated heterocycles. The molecule has 1 atom stereocenters. The largest absolute Gasteiger partial charge is 0.342 e. The minimum Gasteiger partial charge on any atom is -0.342 e. The van der Waals surface area contributed by atoms with E-state index in [9.17, 15) is 4.79 Å². The summed E-state index contributed by atoms with van der Waals surface area (Å²) in [6.45, 7) is 4.61. The highest BCUT2D eigenvalue weighted by Crippen LogP contribution is 2.18. The molecule has 7 heteroatoms. The Morgan fingerprint density at radius 1 is 1.33 bits per heavy atom. The Morgan fingerprint density at radius 2 is 2.08 bits per heavy atom. The maximum Gasteiger partial charge on any atom is 0.228 e. The normalized spacial score (nSPS) is 16.9. The van der Waals surface area contributed by atoms with Crippen molar-refractivity contribution in [1.82, 2.24) is 25.2 Å². The van der Waals surface area contributed by atoms with Crippen LogP contribution in [0.5, 0.6) is 0 Å². The third-order valence-corrected chi connectivity index (χ3v) is 4.44. The van der Waals surface area contributed by atoms with Gasteiger partial charge in [0.2, 0.25) is 5.91 Å². The van der Waals surface area contributed by atoms with E-state index in [2.05, 4.69) is 15.6 Å². The van der Waals surface area contributed by atoms with Gasteiger partial charge in [0.25, 0.3) is 0 Å². The van der Waals surface area contributed by atoms with Crippen LogP contribution >= 0.6 is 12.4 Å². The summed E-state index contributed by atoms with van der Waals surface area (Å²) in [4.78, 5) is 14.4. The number of amides is 1. The van der Waals surface area contributed by atoms with E-state index < -0.39 is 0 Å². The van der Waals surface area contributed by atoms with Crippen molar-refractivity contribution >= 4 is 18.3 Å². The molecule has 1 aromatic carbocycles. The van der Waals surface area contributed by atoms with E-state index in [4.69, 9.17) is 0 Å². The number of benzene rings is 1. The Hall–Kier alpha value is -1.92. The molecule has 1 amide bonds. The summed E-state index contributed by atoms with van der Waals surface area (Å²) in [6, 6.07) is 9.86. The van der Waals surface area contributed by atoms with Gasteiger partial charge in [0, 0.05) is 13.1 Å². The van der Waals surface area contributed by atoms with Gasteiger partial charge in [-0.2, -0.15) is 0 Å². The summed E-state index contributed by atoms with van der Waals surface area (Å²) in [5, 5.41) is 11.6. The molecule has 130 valence electrons. The van der Waals surface area contributed by atoms with Crippen molar-refractivity contribution < 1.29 is 4.79 Å². The molecule has 0 bridgehead atoms. The molecule has 1 aliphatic rings. The molecule has 2 aromatic rings. The van der Waals surface area contributed by atoms with Crippen molar-refractivity contribution in [3.05, 3.63) is 41.7 Å². The molecule has 3 rings (SSSR count). The highest BCUT2D eigenvalue weighted by atomic mass is 35.5. The monoisotopic (exact) mass is 349 g/mol. The molecule has 2 heterocycles. The van der Waals surface area contributed by atoms with Gasteiger partial charge < -0.3 is 10.2 Å². The van der Waals surface area contributed by atoms with Gasteiger partial charge in [0.05, 0.1) is 23.5 Å². The minimum atomic E-state index is 0. The van der Waals surface area contributed by atoms with Crippen molar-refractivity contribution in [3.63, 3.8) is 0 Å². The average Bonchev–Trinajstić information content (AvgIpc) is 3.17. The topological polar surface area (TPSA) is 63.1 Å². The van der Waals surface area contributed by atoms with Crippen molar-refractivity contribution in [2.24, 2.45) is 5.92 Å². The standard InChI is InChI=1S/C17H23N5O.ClH/c1-13-16(19-20-22(13)15-6-4-3-5-7-15)10-17(23)21-9-8-14(12-21)11-18-2;/h3-7,14,18H,8-12H2,1-2H3;1H. The molecule has 1 aliphatic heterocycles. The van der Waals surface area contributed by atoms with Crippen LogP contribution in [0.1, 0.15) is 17.8 Å². The zero-order valence-electron chi connectivity index (χ0n) is 14.1. The third-order valence-electron chi connectivity index (χ3n) is 4.44. The lowest BCUT2D eigenvalue weighted by Gasteiger charge is -2.16. The maximum absolute atomic E-state index is 12.5. The van der Waals surface area contributed by atoms with Crippen LogP contribution in [-0.4, -0.2) is 52.5 Å². The van der Waals surface area contributed by atoms with Gasteiger partial charge >= 0.3 is 0 Å². The predicted octanol–water partition coefficient (Wildman–Crippen LogP) is 1.61. The zero-order chi connectivity index (χ0) is 16.2. The van der Waals surface area contributed by atoms with E-state index in [1.54, 1.807) is 4.68 Å². The second-order valence-electron chi connectivity index (χ2n) is 6.10. The average molecular weight is 350 g/mol. The first-order valence-electron chi connectivity index (χ1n) is 8.08. The number of carbonyl (C=O) groups excluding carboxylic acids is 1. The fourth-order valence-corrected chi connectivity index (χ4v) is 3.11. The molecule has 24 heavy (non-hydrogen) atoms. The number of carbonyl (C=O) groups is 1. The van der Waals surface area contributed by atoms with Gasteiger partial charge in [-0.25, -0.2) is 4.68 Å². The van der Waals surface area contributed by atoms with Crippen LogP contribution in [0.15, 0.2) is 30.3 Å². The van der Waals surface area contributed by atoms with Gasteiger partial charge in [-0.1, -0.05) is 23.4 Å². The van der Waals surface area contributed by atoms with Crippen LogP contribution < -0.4 is 5.32 Å². The Morgan fingerprint density at radius 3 is 2.79 bits per heavy atom. The van der Waals surface area contributed by atoms with Crippen LogP contribution in [0.4, 0.5) is 0 Å². The fraction of sp³-hybridized carbons (Fsp3) is 0.471. The Labute approximate surface area is 148 Å². The van der Waals surface area contributed by atoms with Crippen molar-refractivity contribution in [3.8, 4) is 5.69 Å². The molecule has 0 saturated carbocycles. The Balaban J connectivity index is 0.00000208. The van der Waals surface area contributed by atoms with Crippen LogP contribution in [0.3, 0.4) is 0 Å². The number of rotatable bonds is 5. The zero-order valence-corrected chi connectivity index (χ0v) is 14.9. The van der Waals surface area contributed by atoms with Crippen molar-refractivity contribution in [1.29, 1.82) is 0 Å². The minimum absolute atomic E-state index is 0. The maximum atomic E-state index is 12.5. The molecule has 1 unspecified atom stereocenters. The predicted molar refractivity (Wildman–Crippen MR) is 95.7 cm³/mol. The molecule has 0 spiro atoms. The molecule has 1 N–H and O–H groups in total. The second kappa shape index (κ2) is 8.26. The van der Waals surface area contributed by atoms with Crippen LogP contribution in [0, 0.1) is 12.8 Å². The Bertz CT molecular complexity index is 673. The number of aromatic nitrogens is 3. The number of hydrogen-bond acceptors (Lipinski definition) is 4. The summed E-state index contributed by atoms with van der Waals surface area (Å²) in [5.74, 6) is 0.705. The fourth-order valence-electron chi connectivity index (χ4n) is 3.11. The molecule has 1 aromatic heterocycles. The van der Waals surface area contributed by atoms with Crippen molar-refractivity contribution in [2.45, 2.75) is 19.8 Å². The van der Waals surface area contributed by atoms with E-state index in [1.165, 1.54) is 0 Å². The van der Waals surface area contributed by atoms with Crippen LogP contribution in [-0.2, 0) is 11.2 Å². The number of halogens is 1. The molecule has 0 aliphatic carbocycles. The molecule has 1 fully saturated rings. The molecular formula is C17H24ClN5O. The number of nitrogens with zero attached hydrogens (tertiary/aromatic N) is 4. The second-order valence-corrected chi connectivity index (χ2v) is 6.10. The quantitative estimate of drug-likeness (QED) is 0.890. The molecule has 6 nitrogen and oxygen atoms in total. The van der Waals surface area contributed by atoms with Gasteiger partial charge in [0.15, 0.2) is 0 Å². The van der Waals surface area contributed by atoms with Gasteiger partial charge in [0.1, 0.15) is 0 Å². The summed E-state index contributed by atoms with van der Waals surface area (Å²) >= 11 is 0.